The average Bonchev–Trinajstić information content (AvgIpc) is 3.11. The molecule has 0 saturated carbocycles. The van der Waals surface area contributed by atoms with Gasteiger partial charge in [-0.15, -0.1) is 11.3 Å². The summed E-state index contributed by atoms with van der Waals surface area (Å²) in [6.07, 6.45) is 0.804. The third-order valence-electron chi connectivity index (χ3n) is 3.93. The highest BCUT2D eigenvalue weighted by Crippen LogP contribution is 2.33. The Labute approximate surface area is 140 Å². The molecule has 0 spiro atoms. The first-order valence-corrected chi connectivity index (χ1v) is 8.51. The normalized spacial score (nSPS) is 15.9. The number of nitrogens with one attached hydrogen (secondary N) is 1. The van der Waals surface area contributed by atoms with Crippen LogP contribution in [0.5, 0.6) is 5.75 Å². The highest BCUT2D eigenvalue weighted by Gasteiger charge is 2.29. The molecule has 1 aliphatic heterocycles. The molecule has 1 N–H and O–H groups in total. The summed E-state index contributed by atoms with van der Waals surface area (Å²) in [4.78, 5) is 20.1. The minimum atomic E-state index is -0.203. The molecule has 1 aromatic heterocycles. The second-order valence-electron chi connectivity index (χ2n) is 5.84. The average molecular weight is 331 g/mol. The van der Waals surface area contributed by atoms with Gasteiger partial charge in [0, 0.05) is 37.5 Å². The van der Waals surface area contributed by atoms with Crippen molar-refractivity contribution in [2.45, 2.75) is 19.3 Å². The lowest BCUT2D eigenvalue weighted by atomic mass is 10.0. The second kappa shape index (κ2) is 6.58. The first-order valence-electron chi connectivity index (χ1n) is 7.69. The number of hydrogen-bond acceptors (Lipinski definition) is 5. The largest absolute Gasteiger partial charge is 0.492 e. The number of fused-ring (bicyclic) bond motifs is 1. The van der Waals surface area contributed by atoms with Crippen molar-refractivity contribution >= 4 is 22.4 Å². The van der Waals surface area contributed by atoms with Crippen LogP contribution in [-0.4, -0.2) is 38.1 Å². The molecule has 1 atom stereocenters. The zero-order valence-electron chi connectivity index (χ0n) is 13.6. The van der Waals surface area contributed by atoms with E-state index in [9.17, 15) is 4.79 Å². The number of ether oxygens (including phenoxy) is 1. The standard InChI is InChI=1S/C17H21N3O2S/c1-11-15(23-17(19-11)20(2)3)8-9-18-16(21)13-10-22-14-7-5-4-6-12(13)14/h4-7,13H,8-10H2,1-3H3,(H,18,21). The number of hydrogen-bond donors (Lipinski definition) is 1. The summed E-state index contributed by atoms with van der Waals surface area (Å²) in [5, 5.41) is 4.03. The highest BCUT2D eigenvalue weighted by molar-refractivity contribution is 7.15. The van der Waals surface area contributed by atoms with Gasteiger partial charge in [0.2, 0.25) is 5.91 Å². The van der Waals surface area contributed by atoms with E-state index in [-0.39, 0.29) is 11.8 Å². The summed E-state index contributed by atoms with van der Waals surface area (Å²) in [7, 11) is 3.97. The lowest BCUT2D eigenvalue weighted by molar-refractivity contribution is -0.122. The molecule has 23 heavy (non-hydrogen) atoms. The Morgan fingerprint density at radius 2 is 2.22 bits per heavy atom. The van der Waals surface area contributed by atoms with E-state index in [1.165, 1.54) is 4.88 Å². The van der Waals surface area contributed by atoms with Gasteiger partial charge in [0.05, 0.1) is 5.69 Å². The van der Waals surface area contributed by atoms with Crippen LogP contribution >= 0.6 is 11.3 Å². The van der Waals surface area contributed by atoms with E-state index in [0.717, 1.165) is 28.6 Å². The van der Waals surface area contributed by atoms with Crippen molar-refractivity contribution < 1.29 is 9.53 Å². The minimum absolute atomic E-state index is 0.0324. The van der Waals surface area contributed by atoms with Gasteiger partial charge in [0.15, 0.2) is 5.13 Å². The van der Waals surface area contributed by atoms with E-state index in [4.69, 9.17) is 4.74 Å². The van der Waals surface area contributed by atoms with Crippen molar-refractivity contribution in [1.82, 2.24) is 10.3 Å². The molecule has 2 heterocycles. The van der Waals surface area contributed by atoms with Crippen molar-refractivity contribution in [3.63, 3.8) is 0 Å². The van der Waals surface area contributed by atoms with Crippen molar-refractivity contribution in [3.8, 4) is 5.75 Å². The molecule has 2 aromatic rings. The number of carbonyl (C=O) groups excluding carboxylic acids is 1. The lowest BCUT2D eigenvalue weighted by Gasteiger charge is -2.10. The molecule has 0 radical (unpaired) electrons. The zero-order chi connectivity index (χ0) is 16.4. The van der Waals surface area contributed by atoms with Crippen molar-refractivity contribution in [3.05, 3.63) is 40.4 Å². The van der Waals surface area contributed by atoms with Crippen molar-refractivity contribution in [2.75, 3.05) is 32.1 Å². The topological polar surface area (TPSA) is 54.5 Å². The van der Waals surface area contributed by atoms with Crippen LogP contribution in [0.2, 0.25) is 0 Å². The van der Waals surface area contributed by atoms with Gasteiger partial charge in [-0.2, -0.15) is 0 Å². The van der Waals surface area contributed by atoms with Crippen LogP contribution in [0.1, 0.15) is 22.1 Å². The Bertz CT molecular complexity index is 712. The molecule has 0 saturated heterocycles. The highest BCUT2D eigenvalue weighted by atomic mass is 32.1. The zero-order valence-corrected chi connectivity index (χ0v) is 14.4. The van der Waals surface area contributed by atoms with E-state index < -0.39 is 0 Å². The van der Waals surface area contributed by atoms with Crippen molar-refractivity contribution in [1.29, 1.82) is 0 Å². The van der Waals surface area contributed by atoms with Gasteiger partial charge in [0.25, 0.3) is 0 Å². The van der Waals surface area contributed by atoms with Crippen LogP contribution < -0.4 is 15.0 Å². The van der Waals surface area contributed by atoms with Crippen LogP contribution in [-0.2, 0) is 11.2 Å². The van der Waals surface area contributed by atoms with Crippen LogP contribution in [0, 0.1) is 6.92 Å². The summed E-state index contributed by atoms with van der Waals surface area (Å²) < 4.78 is 5.57. The number of aryl methyl sites for hydroxylation is 1. The summed E-state index contributed by atoms with van der Waals surface area (Å²) >= 11 is 1.68. The minimum Gasteiger partial charge on any atom is -0.492 e. The van der Waals surface area contributed by atoms with E-state index in [0.29, 0.717) is 13.2 Å². The maximum atomic E-state index is 12.4. The van der Waals surface area contributed by atoms with Gasteiger partial charge in [-0.1, -0.05) is 18.2 Å². The van der Waals surface area contributed by atoms with Crippen LogP contribution in [0.3, 0.4) is 0 Å². The summed E-state index contributed by atoms with van der Waals surface area (Å²) in [5.41, 5.74) is 2.02. The van der Waals surface area contributed by atoms with Gasteiger partial charge in [0.1, 0.15) is 18.3 Å². The molecule has 1 unspecified atom stereocenters. The number of benzene rings is 1. The predicted molar refractivity (Wildman–Crippen MR) is 92.6 cm³/mol. The van der Waals surface area contributed by atoms with Gasteiger partial charge in [-0.25, -0.2) is 4.98 Å². The number of aromatic nitrogens is 1. The molecule has 0 bridgehead atoms. The fraction of sp³-hybridized carbons (Fsp3) is 0.412. The summed E-state index contributed by atoms with van der Waals surface area (Å²) in [6, 6.07) is 7.74. The molecule has 0 fully saturated rings. The number of carbonyl (C=O) groups is 1. The first-order chi connectivity index (χ1) is 11.1. The van der Waals surface area contributed by atoms with E-state index in [1.807, 2.05) is 50.2 Å². The van der Waals surface area contributed by atoms with Crippen LogP contribution in [0.4, 0.5) is 5.13 Å². The molecule has 3 rings (SSSR count). The molecule has 5 nitrogen and oxygen atoms in total. The fourth-order valence-corrected chi connectivity index (χ4v) is 3.62. The van der Waals surface area contributed by atoms with E-state index in [2.05, 4.69) is 10.3 Å². The van der Waals surface area contributed by atoms with E-state index >= 15 is 0 Å². The predicted octanol–water partition coefficient (Wildman–Crippen LogP) is 2.35. The number of nitrogens with zero attached hydrogens (tertiary/aromatic N) is 2. The SMILES string of the molecule is Cc1nc(N(C)C)sc1CCNC(=O)C1COc2ccccc21. The number of thiazole rings is 1. The molecule has 122 valence electrons. The molecule has 0 aliphatic carbocycles. The van der Waals surface area contributed by atoms with Gasteiger partial charge >= 0.3 is 0 Å². The van der Waals surface area contributed by atoms with Gasteiger partial charge in [-0.05, 0) is 13.0 Å². The Kier molecular flexibility index (Phi) is 4.52. The number of anilines is 1. The third-order valence-corrected chi connectivity index (χ3v) is 5.32. The Balaban J connectivity index is 1.56. The quantitative estimate of drug-likeness (QED) is 0.914. The van der Waals surface area contributed by atoms with E-state index in [1.54, 1.807) is 11.3 Å². The summed E-state index contributed by atoms with van der Waals surface area (Å²) in [6.45, 7) is 3.06. The van der Waals surface area contributed by atoms with Crippen LogP contribution in [0.15, 0.2) is 24.3 Å². The molecular formula is C17H21N3O2S. The van der Waals surface area contributed by atoms with Crippen molar-refractivity contribution in [2.24, 2.45) is 0 Å². The number of amides is 1. The van der Waals surface area contributed by atoms with Gasteiger partial charge < -0.3 is 15.0 Å². The molecule has 1 amide bonds. The fourth-order valence-electron chi connectivity index (χ4n) is 2.64. The maximum absolute atomic E-state index is 12.4. The first kappa shape index (κ1) is 15.8. The monoisotopic (exact) mass is 331 g/mol. The Morgan fingerprint density at radius 3 is 2.96 bits per heavy atom. The Hall–Kier alpha value is -2.08. The third kappa shape index (κ3) is 3.32. The molecule has 1 aromatic carbocycles. The Morgan fingerprint density at radius 1 is 1.43 bits per heavy atom. The lowest BCUT2D eigenvalue weighted by Crippen LogP contribution is -2.31. The van der Waals surface area contributed by atoms with Gasteiger partial charge in [-0.3, -0.25) is 4.79 Å². The second-order valence-corrected chi connectivity index (χ2v) is 6.90. The maximum Gasteiger partial charge on any atom is 0.231 e. The molecule has 6 heteroatoms. The van der Waals surface area contributed by atoms with Crippen LogP contribution in [0.25, 0.3) is 0 Å². The molecule has 1 aliphatic rings. The molecular weight excluding hydrogens is 310 g/mol. The number of rotatable bonds is 5. The number of para-hydroxylation sites is 1. The smallest absolute Gasteiger partial charge is 0.231 e. The summed E-state index contributed by atoms with van der Waals surface area (Å²) in [5.74, 6) is 0.651.